The van der Waals surface area contributed by atoms with Crippen LogP contribution in [-0.4, -0.2) is 43.7 Å². The number of para-hydroxylation sites is 1. The van der Waals surface area contributed by atoms with Crippen molar-refractivity contribution < 1.29 is 14.3 Å². The molecular weight excluding hydrogens is 400 g/mol. The van der Waals surface area contributed by atoms with Crippen LogP contribution in [0.3, 0.4) is 0 Å². The third-order valence-corrected chi connectivity index (χ3v) is 5.73. The molecule has 0 bridgehead atoms. The van der Waals surface area contributed by atoms with Crippen LogP contribution in [0.5, 0.6) is 5.75 Å². The smallest absolute Gasteiger partial charge is 0.350 e. The van der Waals surface area contributed by atoms with Crippen LogP contribution in [0.25, 0.3) is 0 Å². The minimum absolute atomic E-state index is 0.106. The summed E-state index contributed by atoms with van der Waals surface area (Å²) in [6.45, 7) is 11.4. The number of carbonyl (C=O) groups excluding carboxylic acids is 1. The fraction of sp³-hybridized carbons (Fsp3) is 0.500. The van der Waals surface area contributed by atoms with Crippen LogP contribution < -0.4 is 15.4 Å². The predicted octanol–water partition coefficient (Wildman–Crippen LogP) is 4.06. The van der Waals surface area contributed by atoms with Crippen molar-refractivity contribution in [2.45, 2.75) is 46.6 Å². The fourth-order valence-corrected chi connectivity index (χ4v) is 3.83. The second-order valence-electron chi connectivity index (χ2n) is 7.09. The number of ether oxygens (including phenoxy) is 2. The summed E-state index contributed by atoms with van der Waals surface area (Å²) in [5, 5.41) is 7.36. The van der Waals surface area contributed by atoms with Gasteiger partial charge in [-0.2, -0.15) is 0 Å². The maximum atomic E-state index is 12.0. The van der Waals surface area contributed by atoms with E-state index in [0.29, 0.717) is 42.2 Å². The van der Waals surface area contributed by atoms with Gasteiger partial charge in [-0.15, -0.1) is 11.3 Å². The van der Waals surface area contributed by atoms with Gasteiger partial charge in [0, 0.05) is 7.05 Å². The quantitative estimate of drug-likeness (QED) is 0.269. The Labute approximate surface area is 182 Å². The summed E-state index contributed by atoms with van der Waals surface area (Å²) < 4.78 is 11.0. The number of hydrogen-bond donors (Lipinski definition) is 2. The van der Waals surface area contributed by atoms with Crippen molar-refractivity contribution in [3.8, 4) is 5.75 Å². The summed E-state index contributed by atoms with van der Waals surface area (Å²) in [4.78, 5) is 21.3. The zero-order valence-electron chi connectivity index (χ0n) is 18.6. The molecular formula is C22H32N4O3S. The third-order valence-electron chi connectivity index (χ3n) is 4.41. The van der Waals surface area contributed by atoms with Gasteiger partial charge in [-0.05, 0) is 38.3 Å². The number of guanidine groups is 1. The minimum Gasteiger partial charge on any atom is -0.491 e. The summed E-state index contributed by atoms with van der Waals surface area (Å²) in [7, 11) is 1.72. The van der Waals surface area contributed by atoms with Gasteiger partial charge >= 0.3 is 5.97 Å². The van der Waals surface area contributed by atoms with Gasteiger partial charge in [0.05, 0.1) is 24.9 Å². The molecule has 2 rings (SSSR count). The van der Waals surface area contributed by atoms with Crippen molar-refractivity contribution in [2.75, 3.05) is 26.8 Å². The van der Waals surface area contributed by atoms with Crippen LogP contribution in [0.4, 0.5) is 0 Å². The van der Waals surface area contributed by atoms with Gasteiger partial charge in [-0.1, -0.05) is 32.0 Å². The molecule has 1 atom stereocenters. The van der Waals surface area contributed by atoms with Crippen molar-refractivity contribution in [3.63, 3.8) is 0 Å². The number of aliphatic imine (C=N–C) groups is 1. The van der Waals surface area contributed by atoms with E-state index < -0.39 is 0 Å². The largest absolute Gasteiger partial charge is 0.491 e. The zero-order valence-corrected chi connectivity index (χ0v) is 19.4. The molecule has 0 aliphatic carbocycles. The van der Waals surface area contributed by atoms with E-state index >= 15 is 0 Å². The second kappa shape index (κ2) is 11.5. The average molecular weight is 433 g/mol. The maximum Gasteiger partial charge on any atom is 0.350 e. The van der Waals surface area contributed by atoms with Gasteiger partial charge in [0.2, 0.25) is 0 Å². The first-order chi connectivity index (χ1) is 14.4. The summed E-state index contributed by atoms with van der Waals surface area (Å²) in [6, 6.07) is 8.00. The van der Waals surface area contributed by atoms with E-state index in [2.05, 4.69) is 40.5 Å². The van der Waals surface area contributed by atoms with Crippen LogP contribution in [0.2, 0.25) is 0 Å². The number of nitrogens with one attached hydrogen (secondary N) is 2. The van der Waals surface area contributed by atoms with E-state index in [1.54, 1.807) is 14.0 Å². The Hall–Kier alpha value is -2.61. The number of aromatic nitrogens is 1. The molecule has 1 unspecified atom stereocenters. The molecule has 30 heavy (non-hydrogen) atoms. The predicted molar refractivity (Wildman–Crippen MR) is 122 cm³/mol. The molecule has 0 aliphatic heterocycles. The molecule has 1 aromatic carbocycles. The molecule has 0 aliphatic rings. The van der Waals surface area contributed by atoms with Gasteiger partial charge < -0.3 is 20.1 Å². The Morgan fingerprint density at radius 2 is 2.00 bits per heavy atom. The Kier molecular flexibility index (Phi) is 9.11. The standard InChI is InChI=1S/C22H32N4O3S/c1-7-28-21(27)19-15(4)25-20(30-19)16(5)26-22(23-6)24-12-13-29-18-11-9-8-10-17(18)14(2)3/h8-11,14,16H,7,12-13H2,1-6H3,(H2,23,24,26). The Bertz CT molecular complexity index is 864. The van der Waals surface area contributed by atoms with Gasteiger partial charge in [0.15, 0.2) is 5.96 Å². The number of carbonyl (C=O) groups is 1. The Morgan fingerprint density at radius 3 is 2.67 bits per heavy atom. The lowest BCUT2D eigenvalue weighted by atomic mass is 10.0. The normalized spacial score (nSPS) is 12.6. The van der Waals surface area contributed by atoms with Crippen LogP contribution >= 0.6 is 11.3 Å². The lowest BCUT2D eigenvalue weighted by molar-refractivity contribution is 0.0531. The van der Waals surface area contributed by atoms with Crippen molar-refractivity contribution in [2.24, 2.45) is 4.99 Å². The minimum atomic E-state index is -0.327. The topological polar surface area (TPSA) is 84.8 Å². The number of nitrogens with zero attached hydrogens (tertiary/aromatic N) is 2. The van der Waals surface area contributed by atoms with Crippen molar-refractivity contribution >= 4 is 23.3 Å². The van der Waals surface area contributed by atoms with Crippen LogP contribution in [0.1, 0.15) is 65.6 Å². The number of rotatable bonds is 9. The van der Waals surface area contributed by atoms with E-state index in [1.807, 2.05) is 32.0 Å². The molecule has 0 radical (unpaired) electrons. The molecule has 0 fully saturated rings. The molecule has 1 aromatic heterocycles. The van der Waals surface area contributed by atoms with Gasteiger partial charge in [0.25, 0.3) is 0 Å². The molecule has 0 spiro atoms. The lowest BCUT2D eigenvalue weighted by Gasteiger charge is -2.17. The first-order valence-corrected chi connectivity index (χ1v) is 11.0. The average Bonchev–Trinajstić information content (AvgIpc) is 3.12. The van der Waals surface area contributed by atoms with Crippen molar-refractivity contribution in [1.82, 2.24) is 15.6 Å². The molecule has 1 heterocycles. The molecule has 0 saturated carbocycles. The highest BCUT2D eigenvalue weighted by atomic mass is 32.1. The summed E-state index contributed by atoms with van der Waals surface area (Å²) in [6.07, 6.45) is 0. The van der Waals surface area contributed by atoms with E-state index in [0.717, 1.165) is 10.8 Å². The Morgan fingerprint density at radius 1 is 1.27 bits per heavy atom. The Balaban J connectivity index is 1.88. The van der Waals surface area contributed by atoms with Gasteiger partial charge in [0.1, 0.15) is 22.2 Å². The lowest BCUT2D eigenvalue weighted by Crippen LogP contribution is -2.40. The number of aryl methyl sites for hydroxylation is 1. The number of esters is 1. The summed E-state index contributed by atoms with van der Waals surface area (Å²) >= 11 is 1.34. The monoisotopic (exact) mass is 432 g/mol. The molecule has 2 N–H and O–H groups in total. The highest BCUT2D eigenvalue weighted by molar-refractivity contribution is 7.13. The van der Waals surface area contributed by atoms with Crippen LogP contribution in [-0.2, 0) is 4.74 Å². The highest BCUT2D eigenvalue weighted by Crippen LogP contribution is 2.26. The molecule has 0 saturated heterocycles. The maximum absolute atomic E-state index is 12.0. The SMILES string of the molecule is CCOC(=O)c1sc(C(C)NC(=NC)NCCOc2ccccc2C(C)C)nc1C. The molecule has 8 heteroatoms. The summed E-state index contributed by atoms with van der Waals surface area (Å²) in [5.41, 5.74) is 1.88. The first-order valence-electron chi connectivity index (χ1n) is 10.2. The van der Waals surface area contributed by atoms with Gasteiger partial charge in [-0.3, -0.25) is 4.99 Å². The van der Waals surface area contributed by atoms with Gasteiger partial charge in [-0.25, -0.2) is 9.78 Å². The highest BCUT2D eigenvalue weighted by Gasteiger charge is 2.20. The first kappa shape index (κ1) is 23.7. The summed E-state index contributed by atoms with van der Waals surface area (Å²) in [5.74, 6) is 1.64. The van der Waals surface area contributed by atoms with Crippen molar-refractivity contribution in [1.29, 1.82) is 0 Å². The van der Waals surface area contributed by atoms with Crippen LogP contribution in [0.15, 0.2) is 29.3 Å². The zero-order chi connectivity index (χ0) is 22.1. The molecule has 2 aromatic rings. The second-order valence-corrected chi connectivity index (χ2v) is 8.12. The number of thiazole rings is 1. The molecule has 164 valence electrons. The van der Waals surface area contributed by atoms with E-state index in [1.165, 1.54) is 16.9 Å². The number of hydrogen-bond acceptors (Lipinski definition) is 6. The van der Waals surface area contributed by atoms with Crippen molar-refractivity contribution in [3.05, 3.63) is 45.4 Å². The molecule has 0 amide bonds. The fourth-order valence-electron chi connectivity index (χ4n) is 2.87. The van der Waals surface area contributed by atoms with E-state index in [4.69, 9.17) is 9.47 Å². The van der Waals surface area contributed by atoms with Crippen LogP contribution in [0, 0.1) is 6.92 Å². The third kappa shape index (κ3) is 6.45. The van der Waals surface area contributed by atoms with E-state index in [-0.39, 0.29) is 12.0 Å². The molecule has 7 nitrogen and oxygen atoms in total. The number of benzene rings is 1. The van der Waals surface area contributed by atoms with E-state index in [9.17, 15) is 4.79 Å².